The highest BCUT2D eigenvalue weighted by Crippen LogP contribution is 2.38. The van der Waals surface area contributed by atoms with Gasteiger partial charge in [-0.3, -0.25) is 9.10 Å². The van der Waals surface area contributed by atoms with E-state index in [0.717, 1.165) is 23.1 Å². The van der Waals surface area contributed by atoms with E-state index < -0.39 is 16.1 Å². The van der Waals surface area contributed by atoms with Gasteiger partial charge in [0.05, 0.1) is 25.0 Å². The quantitative estimate of drug-likeness (QED) is 0.690. The first-order chi connectivity index (χ1) is 14.5. The van der Waals surface area contributed by atoms with Crippen molar-refractivity contribution in [2.24, 2.45) is 0 Å². The Balaban J connectivity index is 1.69. The van der Waals surface area contributed by atoms with Crippen molar-refractivity contribution in [2.45, 2.75) is 39.2 Å². The maximum Gasteiger partial charge on any atom is 0.263 e. The van der Waals surface area contributed by atoms with Crippen LogP contribution in [-0.4, -0.2) is 46.4 Å². The summed E-state index contributed by atoms with van der Waals surface area (Å²) in [7, 11) is -3.59. The molecule has 1 amide bonds. The summed E-state index contributed by atoms with van der Waals surface area (Å²) in [6.07, 6.45) is 0.192. The second-order valence-corrected chi connectivity index (χ2v) is 10.6. The molecule has 0 saturated heterocycles. The number of ether oxygens (including phenoxy) is 2. The second-order valence-electron chi connectivity index (χ2n) is 8.74. The minimum absolute atomic E-state index is 0.0795. The molecule has 1 heterocycles. The number of aryl methyl sites for hydroxylation is 1. The number of anilines is 1. The molecule has 1 atom stereocenters. The minimum atomic E-state index is -3.59. The van der Waals surface area contributed by atoms with Crippen molar-refractivity contribution < 1.29 is 22.7 Å². The van der Waals surface area contributed by atoms with Crippen molar-refractivity contribution in [2.75, 3.05) is 30.3 Å². The zero-order chi connectivity index (χ0) is 22.8. The highest BCUT2D eigenvalue weighted by Gasteiger charge is 2.35. The lowest BCUT2D eigenvalue weighted by atomic mass is 9.86. The topological polar surface area (TPSA) is 84.9 Å². The van der Waals surface area contributed by atoms with Crippen LogP contribution in [0.15, 0.2) is 42.5 Å². The summed E-state index contributed by atoms with van der Waals surface area (Å²) in [4.78, 5) is 12.7. The first-order valence-corrected chi connectivity index (χ1v) is 12.1. The third-order valence-electron chi connectivity index (χ3n) is 5.14. The fraction of sp³-hybridized carbons (Fsp3) is 0.435. The number of nitrogens with one attached hydrogen (secondary N) is 1. The number of amides is 1. The van der Waals surface area contributed by atoms with Crippen LogP contribution in [0.2, 0.25) is 0 Å². The molecule has 0 fully saturated rings. The Morgan fingerprint density at radius 2 is 1.94 bits per heavy atom. The molecular weight excluding hydrogens is 416 g/mol. The van der Waals surface area contributed by atoms with E-state index in [4.69, 9.17) is 9.47 Å². The number of hydrogen-bond acceptors (Lipinski definition) is 5. The first kappa shape index (κ1) is 22.9. The number of rotatable bonds is 6. The van der Waals surface area contributed by atoms with Crippen LogP contribution in [0.25, 0.3) is 0 Å². The predicted octanol–water partition coefficient (Wildman–Crippen LogP) is 3.01. The van der Waals surface area contributed by atoms with Gasteiger partial charge in [0.2, 0.25) is 10.0 Å². The van der Waals surface area contributed by atoms with Gasteiger partial charge in [-0.25, -0.2) is 8.42 Å². The van der Waals surface area contributed by atoms with Crippen LogP contribution in [0.3, 0.4) is 0 Å². The molecule has 0 spiro atoms. The lowest BCUT2D eigenvalue weighted by Gasteiger charge is -2.35. The third-order valence-corrected chi connectivity index (χ3v) is 6.29. The molecule has 31 heavy (non-hydrogen) atoms. The van der Waals surface area contributed by atoms with Gasteiger partial charge in [-0.05, 0) is 41.7 Å². The molecule has 168 valence electrons. The number of para-hydroxylation sites is 1. The van der Waals surface area contributed by atoms with Crippen molar-refractivity contribution in [1.29, 1.82) is 0 Å². The monoisotopic (exact) mass is 446 g/mol. The SMILES string of the molecule is Cc1ccccc1OCCNC(=O)C1CN(S(C)(=O)=O)c2cc(C(C)(C)C)ccc2O1. The average Bonchev–Trinajstić information content (AvgIpc) is 2.69. The van der Waals surface area contributed by atoms with E-state index in [9.17, 15) is 13.2 Å². The zero-order valence-corrected chi connectivity index (χ0v) is 19.5. The lowest BCUT2D eigenvalue weighted by Crippen LogP contribution is -2.51. The number of benzene rings is 2. The molecule has 0 aromatic heterocycles. The molecule has 1 aliphatic heterocycles. The fourth-order valence-corrected chi connectivity index (χ4v) is 4.24. The molecule has 0 aliphatic carbocycles. The van der Waals surface area contributed by atoms with Gasteiger partial charge in [-0.15, -0.1) is 0 Å². The van der Waals surface area contributed by atoms with Crippen LogP contribution < -0.4 is 19.1 Å². The summed E-state index contributed by atoms with van der Waals surface area (Å²) in [6.45, 7) is 8.61. The van der Waals surface area contributed by atoms with Gasteiger partial charge in [-0.1, -0.05) is 45.0 Å². The van der Waals surface area contributed by atoms with Crippen LogP contribution in [-0.2, 0) is 20.2 Å². The normalized spacial score (nSPS) is 16.3. The van der Waals surface area contributed by atoms with E-state index in [1.807, 2.05) is 43.3 Å². The van der Waals surface area contributed by atoms with E-state index >= 15 is 0 Å². The Morgan fingerprint density at radius 1 is 1.23 bits per heavy atom. The van der Waals surface area contributed by atoms with E-state index in [0.29, 0.717) is 18.0 Å². The molecule has 0 radical (unpaired) electrons. The number of nitrogens with zero attached hydrogens (tertiary/aromatic N) is 1. The summed E-state index contributed by atoms with van der Waals surface area (Å²) in [5.74, 6) is 0.756. The summed E-state index contributed by atoms with van der Waals surface area (Å²) in [6, 6.07) is 13.1. The Hall–Kier alpha value is -2.74. The Kier molecular flexibility index (Phi) is 6.50. The Labute approximate surface area is 184 Å². The molecule has 0 bridgehead atoms. The van der Waals surface area contributed by atoms with Crippen LogP contribution in [0.5, 0.6) is 11.5 Å². The molecule has 2 aromatic rings. The predicted molar refractivity (Wildman–Crippen MR) is 121 cm³/mol. The van der Waals surface area contributed by atoms with E-state index in [1.54, 1.807) is 6.07 Å². The average molecular weight is 447 g/mol. The van der Waals surface area contributed by atoms with Crippen LogP contribution in [0.4, 0.5) is 5.69 Å². The fourth-order valence-electron chi connectivity index (χ4n) is 3.34. The van der Waals surface area contributed by atoms with E-state index in [-0.39, 0.29) is 24.4 Å². The molecule has 2 aromatic carbocycles. The van der Waals surface area contributed by atoms with Gasteiger partial charge in [0, 0.05) is 0 Å². The molecule has 3 rings (SSSR count). The van der Waals surface area contributed by atoms with Gasteiger partial charge >= 0.3 is 0 Å². The molecule has 7 nitrogen and oxygen atoms in total. The molecule has 0 saturated carbocycles. The Morgan fingerprint density at radius 3 is 2.58 bits per heavy atom. The smallest absolute Gasteiger partial charge is 0.263 e. The van der Waals surface area contributed by atoms with Crippen molar-refractivity contribution >= 4 is 21.6 Å². The summed E-state index contributed by atoms with van der Waals surface area (Å²) >= 11 is 0. The highest BCUT2D eigenvalue weighted by atomic mass is 32.2. The molecule has 1 aliphatic rings. The lowest BCUT2D eigenvalue weighted by molar-refractivity contribution is -0.127. The maximum absolute atomic E-state index is 12.7. The largest absolute Gasteiger partial charge is 0.491 e. The van der Waals surface area contributed by atoms with Crippen molar-refractivity contribution in [3.05, 3.63) is 53.6 Å². The van der Waals surface area contributed by atoms with Crippen LogP contribution >= 0.6 is 0 Å². The molecular formula is C23H30N2O5S. The van der Waals surface area contributed by atoms with E-state index in [1.165, 1.54) is 4.31 Å². The number of carbonyl (C=O) groups is 1. The number of fused-ring (bicyclic) bond motifs is 1. The van der Waals surface area contributed by atoms with Crippen molar-refractivity contribution in [3.8, 4) is 11.5 Å². The first-order valence-electron chi connectivity index (χ1n) is 10.2. The molecule has 8 heteroatoms. The molecule has 1 unspecified atom stereocenters. The van der Waals surface area contributed by atoms with Crippen LogP contribution in [0, 0.1) is 6.92 Å². The maximum atomic E-state index is 12.7. The highest BCUT2D eigenvalue weighted by molar-refractivity contribution is 7.92. The summed E-state index contributed by atoms with van der Waals surface area (Å²) < 4.78 is 37.7. The standard InChI is InChI=1S/C23H30N2O5S/c1-16-8-6-7-9-19(16)29-13-12-24-22(26)21-15-25(31(5,27)28)18-14-17(23(2,3)4)10-11-20(18)30-21/h6-11,14,21H,12-13,15H2,1-5H3,(H,24,26). The van der Waals surface area contributed by atoms with Gasteiger partial charge in [0.25, 0.3) is 5.91 Å². The van der Waals surface area contributed by atoms with Gasteiger partial charge in [0.1, 0.15) is 18.1 Å². The zero-order valence-electron chi connectivity index (χ0n) is 18.6. The summed E-state index contributed by atoms with van der Waals surface area (Å²) in [5, 5.41) is 2.77. The van der Waals surface area contributed by atoms with Gasteiger partial charge < -0.3 is 14.8 Å². The third kappa shape index (κ3) is 5.50. The number of carbonyl (C=O) groups excluding carboxylic acids is 1. The van der Waals surface area contributed by atoms with Crippen molar-refractivity contribution in [3.63, 3.8) is 0 Å². The summed E-state index contributed by atoms with van der Waals surface area (Å²) in [5.41, 5.74) is 2.31. The molecule has 1 N–H and O–H groups in total. The van der Waals surface area contributed by atoms with Crippen LogP contribution in [0.1, 0.15) is 31.9 Å². The Bertz CT molecular complexity index is 1060. The minimum Gasteiger partial charge on any atom is -0.491 e. The van der Waals surface area contributed by atoms with Crippen molar-refractivity contribution in [1.82, 2.24) is 5.32 Å². The second kappa shape index (κ2) is 8.78. The number of hydrogen-bond donors (Lipinski definition) is 1. The van der Waals surface area contributed by atoms with Gasteiger partial charge in [-0.2, -0.15) is 0 Å². The van der Waals surface area contributed by atoms with Gasteiger partial charge in [0.15, 0.2) is 6.10 Å². The number of sulfonamides is 1. The van der Waals surface area contributed by atoms with E-state index in [2.05, 4.69) is 26.1 Å².